The molecule has 0 aliphatic rings. The first kappa shape index (κ1) is 28.8. The Bertz CT molecular complexity index is 724. The van der Waals surface area contributed by atoms with E-state index in [0.717, 1.165) is 0 Å². The second-order valence-corrected chi connectivity index (χ2v) is 8.00. The topological polar surface area (TPSA) is 225 Å². The van der Waals surface area contributed by atoms with E-state index in [2.05, 4.69) is 16.0 Å². The normalized spacial score (nSPS) is 14.7. The Morgan fingerprint density at radius 2 is 1.22 bits per heavy atom. The van der Waals surface area contributed by atoms with Gasteiger partial charge in [0.2, 0.25) is 17.7 Å². The third kappa shape index (κ3) is 10.2. The smallest absolute Gasteiger partial charge is 0.326 e. The number of hydrogen-bond donors (Lipinski definition) is 7. The van der Waals surface area contributed by atoms with Crippen molar-refractivity contribution in [2.24, 2.45) is 17.6 Å². The van der Waals surface area contributed by atoms with E-state index in [1.807, 2.05) is 0 Å². The molecule has 0 aromatic carbocycles. The number of carbonyl (C=O) groups is 6. The predicted octanol–water partition coefficient (Wildman–Crippen LogP) is -1.50. The zero-order chi connectivity index (χ0) is 25.2. The number of nitrogens with one attached hydrogen (secondary N) is 3. The molecule has 0 aliphatic heterocycles. The Kier molecular flexibility index (Phi) is 11.9. The zero-order valence-corrected chi connectivity index (χ0v) is 18.5. The van der Waals surface area contributed by atoms with Crippen molar-refractivity contribution in [1.82, 2.24) is 16.0 Å². The van der Waals surface area contributed by atoms with Crippen LogP contribution in [0.2, 0.25) is 0 Å². The fraction of sp³-hybridized carbons (Fsp3) is 0.684. The van der Waals surface area contributed by atoms with Crippen LogP contribution in [0, 0.1) is 11.8 Å². The molecule has 0 rings (SSSR count). The van der Waals surface area contributed by atoms with Crippen LogP contribution in [0.15, 0.2) is 0 Å². The third-order valence-corrected chi connectivity index (χ3v) is 4.49. The van der Waals surface area contributed by atoms with Crippen molar-refractivity contribution < 1.29 is 44.1 Å². The minimum Gasteiger partial charge on any atom is -0.481 e. The molecule has 4 unspecified atom stereocenters. The van der Waals surface area contributed by atoms with Crippen LogP contribution in [-0.2, 0) is 28.8 Å². The summed E-state index contributed by atoms with van der Waals surface area (Å²) < 4.78 is 0. The van der Waals surface area contributed by atoms with Gasteiger partial charge < -0.3 is 37.0 Å². The van der Waals surface area contributed by atoms with E-state index in [1.54, 1.807) is 27.7 Å². The maximum atomic E-state index is 12.7. The number of carboxylic acid groups (broad SMARTS) is 3. The highest BCUT2D eigenvalue weighted by atomic mass is 16.4. The molecule has 0 aromatic heterocycles. The first-order valence-electron chi connectivity index (χ1n) is 10.00. The summed E-state index contributed by atoms with van der Waals surface area (Å²) in [4.78, 5) is 70.5. The average molecular weight is 460 g/mol. The van der Waals surface area contributed by atoms with Gasteiger partial charge in [-0.1, -0.05) is 27.7 Å². The molecule has 182 valence electrons. The Hall–Kier alpha value is -3.22. The molecule has 13 heteroatoms. The average Bonchev–Trinajstić information content (AvgIpc) is 2.65. The van der Waals surface area contributed by atoms with Crippen LogP contribution < -0.4 is 21.7 Å². The lowest BCUT2D eigenvalue weighted by atomic mass is 9.99. The molecule has 0 bridgehead atoms. The largest absolute Gasteiger partial charge is 0.481 e. The van der Waals surface area contributed by atoms with Gasteiger partial charge in [-0.2, -0.15) is 0 Å². The Morgan fingerprint density at radius 1 is 0.719 bits per heavy atom. The van der Waals surface area contributed by atoms with Gasteiger partial charge in [0.1, 0.15) is 18.1 Å². The van der Waals surface area contributed by atoms with Crippen LogP contribution in [0.3, 0.4) is 0 Å². The lowest BCUT2D eigenvalue weighted by molar-refractivity contribution is -0.143. The van der Waals surface area contributed by atoms with E-state index in [1.165, 1.54) is 0 Å². The lowest BCUT2D eigenvalue weighted by Crippen LogP contribution is -2.59. The van der Waals surface area contributed by atoms with Crippen molar-refractivity contribution in [2.75, 3.05) is 0 Å². The highest BCUT2D eigenvalue weighted by Gasteiger charge is 2.33. The highest BCUT2D eigenvalue weighted by Crippen LogP contribution is 2.08. The maximum Gasteiger partial charge on any atom is 0.326 e. The minimum atomic E-state index is -1.47. The van der Waals surface area contributed by atoms with Gasteiger partial charge in [0.15, 0.2) is 0 Å². The SMILES string of the molecule is CC(C)C(NC(=O)C(NC(=O)C(CCC(=O)O)NC(=O)C(N)CC(=O)O)C(C)C)C(=O)O. The molecular weight excluding hydrogens is 428 g/mol. The Balaban J connectivity index is 5.49. The van der Waals surface area contributed by atoms with Crippen molar-refractivity contribution in [1.29, 1.82) is 0 Å². The van der Waals surface area contributed by atoms with E-state index >= 15 is 0 Å². The van der Waals surface area contributed by atoms with Gasteiger partial charge in [-0.05, 0) is 18.3 Å². The van der Waals surface area contributed by atoms with Crippen molar-refractivity contribution in [3.63, 3.8) is 0 Å². The number of nitrogens with two attached hydrogens (primary N) is 1. The van der Waals surface area contributed by atoms with Gasteiger partial charge in [0.05, 0.1) is 12.5 Å². The van der Waals surface area contributed by atoms with Crippen molar-refractivity contribution in [3.05, 3.63) is 0 Å². The van der Waals surface area contributed by atoms with E-state index in [-0.39, 0.29) is 6.42 Å². The predicted molar refractivity (Wildman–Crippen MR) is 110 cm³/mol. The summed E-state index contributed by atoms with van der Waals surface area (Å²) in [5.41, 5.74) is 5.47. The lowest BCUT2D eigenvalue weighted by Gasteiger charge is -2.27. The first-order chi connectivity index (χ1) is 14.7. The van der Waals surface area contributed by atoms with Gasteiger partial charge >= 0.3 is 17.9 Å². The van der Waals surface area contributed by atoms with Crippen LogP contribution in [0.25, 0.3) is 0 Å². The molecule has 0 heterocycles. The summed E-state index contributed by atoms with van der Waals surface area (Å²) in [5.74, 6) is -7.38. The third-order valence-electron chi connectivity index (χ3n) is 4.49. The van der Waals surface area contributed by atoms with Crippen LogP contribution in [-0.4, -0.2) is 75.1 Å². The molecule has 4 atom stereocenters. The van der Waals surface area contributed by atoms with E-state index in [4.69, 9.17) is 15.9 Å². The van der Waals surface area contributed by atoms with E-state index in [0.29, 0.717) is 0 Å². The van der Waals surface area contributed by atoms with E-state index < -0.39 is 84.5 Å². The molecule has 3 amide bonds. The monoisotopic (exact) mass is 460 g/mol. The molecule has 0 radical (unpaired) electrons. The maximum absolute atomic E-state index is 12.7. The van der Waals surface area contributed by atoms with Crippen LogP contribution in [0.5, 0.6) is 0 Å². The summed E-state index contributed by atoms with van der Waals surface area (Å²) in [5, 5.41) is 33.9. The Morgan fingerprint density at radius 3 is 1.62 bits per heavy atom. The fourth-order valence-electron chi connectivity index (χ4n) is 2.64. The summed E-state index contributed by atoms with van der Waals surface area (Å²) in [6.07, 6.45) is -1.55. The van der Waals surface area contributed by atoms with Gasteiger partial charge in [0.25, 0.3) is 0 Å². The van der Waals surface area contributed by atoms with Gasteiger partial charge in [0, 0.05) is 6.42 Å². The molecule has 32 heavy (non-hydrogen) atoms. The molecule has 8 N–H and O–H groups in total. The summed E-state index contributed by atoms with van der Waals surface area (Å²) >= 11 is 0. The summed E-state index contributed by atoms with van der Waals surface area (Å²) in [6.45, 7) is 6.40. The van der Waals surface area contributed by atoms with Crippen molar-refractivity contribution in [2.45, 2.75) is 71.1 Å². The van der Waals surface area contributed by atoms with Crippen molar-refractivity contribution in [3.8, 4) is 0 Å². The number of rotatable bonds is 14. The Labute approximate surface area is 185 Å². The number of carbonyl (C=O) groups excluding carboxylic acids is 3. The molecule has 0 aliphatic carbocycles. The summed E-state index contributed by atoms with van der Waals surface area (Å²) in [6, 6.07) is -5.26. The van der Waals surface area contributed by atoms with Crippen LogP contribution >= 0.6 is 0 Å². The van der Waals surface area contributed by atoms with Crippen LogP contribution in [0.1, 0.15) is 47.0 Å². The molecule has 13 nitrogen and oxygen atoms in total. The molecular formula is C19H32N4O9. The second kappa shape index (κ2) is 13.2. The van der Waals surface area contributed by atoms with E-state index in [9.17, 15) is 33.9 Å². The first-order valence-corrected chi connectivity index (χ1v) is 10.00. The highest BCUT2D eigenvalue weighted by molar-refractivity contribution is 5.95. The molecule has 0 saturated heterocycles. The molecule has 0 fully saturated rings. The standard InChI is InChI=1S/C19H32N4O9/c1-8(2)14(18(30)23-15(9(3)4)19(31)32)22-17(29)11(5-6-12(24)25)21-16(28)10(20)7-13(26)27/h8-11,14-15H,5-7,20H2,1-4H3,(H,21,28)(H,22,29)(H,23,30)(H,24,25)(H,26,27)(H,31,32). The molecule has 0 saturated carbocycles. The number of carboxylic acids is 3. The van der Waals surface area contributed by atoms with Gasteiger partial charge in [-0.15, -0.1) is 0 Å². The van der Waals surface area contributed by atoms with Crippen molar-refractivity contribution >= 4 is 35.6 Å². The zero-order valence-electron chi connectivity index (χ0n) is 18.5. The number of aliphatic carboxylic acids is 3. The summed E-state index contributed by atoms with van der Waals surface area (Å²) in [7, 11) is 0. The number of hydrogen-bond acceptors (Lipinski definition) is 7. The quantitative estimate of drug-likeness (QED) is 0.159. The van der Waals surface area contributed by atoms with Gasteiger partial charge in [-0.3, -0.25) is 24.0 Å². The minimum absolute atomic E-state index is 0.344. The molecule has 0 spiro atoms. The molecule has 0 aromatic rings. The second-order valence-electron chi connectivity index (χ2n) is 8.00. The van der Waals surface area contributed by atoms with Crippen LogP contribution in [0.4, 0.5) is 0 Å². The van der Waals surface area contributed by atoms with Gasteiger partial charge in [-0.25, -0.2) is 4.79 Å². The fourth-order valence-corrected chi connectivity index (χ4v) is 2.64. The number of amides is 3.